The maximum Gasteiger partial charge on any atom is 0.372 e. The monoisotopic (exact) mass is 294 g/mol. The number of aromatic nitrogens is 4. The van der Waals surface area contributed by atoms with Gasteiger partial charge in [0.05, 0.1) is 0 Å². The number of carboxylic acid groups (broad SMARTS) is 1. The Morgan fingerprint density at radius 1 is 1.19 bits per heavy atom. The minimum atomic E-state index is -1.24. The highest BCUT2D eigenvalue weighted by Crippen LogP contribution is 2.09. The summed E-state index contributed by atoms with van der Waals surface area (Å²) in [6.07, 6.45) is 2.62. The van der Waals surface area contributed by atoms with Crippen molar-refractivity contribution in [2.45, 2.75) is 32.7 Å². The quantitative estimate of drug-likeness (QED) is 0.801. The van der Waals surface area contributed by atoms with E-state index in [1.165, 1.54) is 23.2 Å². The zero-order valence-electron chi connectivity index (χ0n) is 12.3. The van der Waals surface area contributed by atoms with E-state index in [9.17, 15) is 14.4 Å². The van der Waals surface area contributed by atoms with E-state index in [2.05, 4.69) is 4.98 Å². The summed E-state index contributed by atoms with van der Waals surface area (Å²) >= 11 is 0. The van der Waals surface area contributed by atoms with Crippen LogP contribution in [0.4, 0.5) is 0 Å². The van der Waals surface area contributed by atoms with Crippen LogP contribution in [0.15, 0.2) is 9.59 Å². The SMILES string of the molecule is CCCCCn1c(=O)c2c(nc(C(=O)O)n2C)n(C)c1=O. The van der Waals surface area contributed by atoms with E-state index in [1.54, 1.807) is 0 Å². The first-order valence-corrected chi connectivity index (χ1v) is 6.79. The number of fused-ring (bicyclic) bond motifs is 1. The summed E-state index contributed by atoms with van der Waals surface area (Å²) in [5, 5.41) is 9.08. The molecule has 0 aliphatic carbocycles. The van der Waals surface area contributed by atoms with Gasteiger partial charge in [-0.25, -0.2) is 14.6 Å². The maximum atomic E-state index is 12.4. The number of aromatic carboxylic acids is 1. The maximum absolute atomic E-state index is 12.4. The van der Waals surface area contributed by atoms with E-state index in [1.807, 2.05) is 6.92 Å². The van der Waals surface area contributed by atoms with Crippen molar-refractivity contribution in [1.82, 2.24) is 18.7 Å². The van der Waals surface area contributed by atoms with Gasteiger partial charge in [0.2, 0.25) is 5.82 Å². The summed E-state index contributed by atoms with van der Waals surface area (Å²) in [5.41, 5.74) is -0.743. The molecule has 2 aromatic rings. The van der Waals surface area contributed by atoms with Crippen molar-refractivity contribution in [3.8, 4) is 0 Å². The molecule has 1 N–H and O–H groups in total. The lowest BCUT2D eigenvalue weighted by Crippen LogP contribution is -2.39. The van der Waals surface area contributed by atoms with Crippen LogP contribution in [0, 0.1) is 0 Å². The fourth-order valence-corrected chi connectivity index (χ4v) is 2.35. The molecule has 0 atom stereocenters. The van der Waals surface area contributed by atoms with Crippen molar-refractivity contribution in [2.75, 3.05) is 0 Å². The number of hydrogen-bond donors (Lipinski definition) is 1. The number of carboxylic acids is 1. The molecule has 0 aliphatic heterocycles. The van der Waals surface area contributed by atoms with Crippen LogP contribution in [0.25, 0.3) is 11.2 Å². The van der Waals surface area contributed by atoms with Gasteiger partial charge in [0.25, 0.3) is 5.56 Å². The van der Waals surface area contributed by atoms with Gasteiger partial charge in [0, 0.05) is 20.6 Å². The average Bonchev–Trinajstić information content (AvgIpc) is 2.78. The summed E-state index contributed by atoms with van der Waals surface area (Å²) in [6, 6.07) is 0. The van der Waals surface area contributed by atoms with Crippen LogP contribution < -0.4 is 11.2 Å². The number of nitrogens with zero attached hydrogens (tertiary/aromatic N) is 4. The summed E-state index contributed by atoms with van der Waals surface area (Å²) in [5.74, 6) is -1.50. The number of rotatable bonds is 5. The lowest BCUT2D eigenvalue weighted by Gasteiger charge is -2.08. The second-order valence-electron chi connectivity index (χ2n) is 4.98. The number of imidazole rings is 1. The Morgan fingerprint density at radius 3 is 2.43 bits per heavy atom. The smallest absolute Gasteiger partial charge is 0.372 e. The Kier molecular flexibility index (Phi) is 3.97. The highest BCUT2D eigenvalue weighted by molar-refractivity contribution is 5.88. The van der Waals surface area contributed by atoms with Gasteiger partial charge in [-0.2, -0.15) is 0 Å². The fraction of sp³-hybridized carbons (Fsp3) is 0.538. The molecule has 114 valence electrons. The van der Waals surface area contributed by atoms with Crippen LogP contribution in [0.1, 0.15) is 36.8 Å². The van der Waals surface area contributed by atoms with E-state index < -0.39 is 17.2 Å². The number of carbonyl (C=O) groups is 1. The second-order valence-corrected chi connectivity index (χ2v) is 4.98. The predicted molar refractivity (Wildman–Crippen MR) is 76.7 cm³/mol. The van der Waals surface area contributed by atoms with E-state index >= 15 is 0 Å². The third kappa shape index (κ3) is 2.37. The van der Waals surface area contributed by atoms with Crippen molar-refractivity contribution >= 4 is 17.1 Å². The van der Waals surface area contributed by atoms with Crippen LogP contribution in [-0.4, -0.2) is 29.8 Å². The summed E-state index contributed by atoms with van der Waals surface area (Å²) < 4.78 is 3.58. The Labute approximate surface area is 120 Å². The van der Waals surface area contributed by atoms with Crippen LogP contribution >= 0.6 is 0 Å². The van der Waals surface area contributed by atoms with Gasteiger partial charge in [0.15, 0.2) is 11.2 Å². The molecule has 2 aromatic heterocycles. The van der Waals surface area contributed by atoms with Gasteiger partial charge < -0.3 is 9.67 Å². The van der Waals surface area contributed by atoms with E-state index in [0.717, 1.165) is 23.8 Å². The molecule has 0 unspecified atom stereocenters. The molecule has 0 bridgehead atoms. The lowest BCUT2D eigenvalue weighted by molar-refractivity contribution is 0.0680. The van der Waals surface area contributed by atoms with Crippen LogP contribution in [0.5, 0.6) is 0 Å². The standard InChI is InChI=1S/C13H18N4O4/c1-4-5-6-7-17-11(18)8-9(16(3)13(17)21)14-10(12(19)20)15(8)2/h4-7H2,1-3H3,(H,19,20). The zero-order chi connectivity index (χ0) is 15.7. The highest BCUT2D eigenvalue weighted by atomic mass is 16.4. The largest absolute Gasteiger partial charge is 0.475 e. The van der Waals surface area contributed by atoms with Gasteiger partial charge in [0.1, 0.15) is 0 Å². The van der Waals surface area contributed by atoms with Crippen molar-refractivity contribution in [1.29, 1.82) is 0 Å². The minimum absolute atomic E-state index is 0.0941. The first-order chi connectivity index (χ1) is 9.90. The molecule has 0 saturated heterocycles. The zero-order valence-corrected chi connectivity index (χ0v) is 12.3. The summed E-state index contributed by atoms with van der Waals surface area (Å²) in [7, 11) is 2.94. The van der Waals surface area contributed by atoms with E-state index in [4.69, 9.17) is 5.11 Å². The molecule has 0 fully saturated rings. The molecule has 8 nitrogen and oxygen atoms in total. The summed E-state index contributed by atoms with van der Waals surface area (Å²) in [6.45, 7) is 2.35. The van der Waals surface area contributed by atoms with E-state index in [0.29, 0.717) is 6.54 Å². The molecule has 0 radical (unpaired) electrons. The fourth-order valence-electron chi connectivity index (χ4n) is 2.35. The van der Waals surface area contributed by atoms with Crippen molar-refractivity contribution in [3.05, 3.63) is 26.7 Å². The minimum Gasteiger partial charge on any atom is -0.475 e. The molecule has 0 amide bonds. The van der Waals surface area contributed by atoms with Gasteiger partial charge >= 0.3 is 11.7 Å². The van der Waals surface area contributed by atoms with Gasteiger partial charge in [-0.05, 0) is 6.42 Å². The van der Waals surface area contributed by atoms with Crippen LogP contribution in [-0.2, 0) is 20.6 Å². The Hall–Kier alpha value is -2.38. The molecule has 2 rings (SSSR count). The van der Waals surface area contributed by atoms with Gasteiger partial charge in [-0.1, -0.05) is 19.8 Å². The topological polar surface area (TPSA) is 99.1 Å². The van der Waals surface area contributed by atoms with Crippen LogP contribution in [0.3, 0.4) is 0 Å². The first kappa shape index (κ1) is 15.0. The molecule has 0 aromatic carbocycles. The Morgan fingerprint density at radius 2 is 1.86 bits per heavy atom. The Balaban J connectivity index is 2.74. The molecule has 0 aliphatic rings. The highest BCUT2D eigenvalue weighted by Gasteiger charge is 2.21. The van der Waals surface area contributed by atoms with Crippen molar-refractivity contribution in [3.63, 3.8) is 0 Å². The first-order valence-electron chi connectivity index (χ1n) is 6.79. The van der Waals surface area contributed by atoms with Crippen LogP contribution in [0.2, 0.25) is 0 Å². The average molecular weight is 294 g/mol. The third-order valence-corrected chi connectivity index (χ3v) is 3.54. The van der Waals surface area contributed by atoms with Gasteiger partial charge in [-0.3, -0.25) is 13.9 Å². The molecule has 0 spiro atoms. The van der Waals surface area contributed by atoms with Gasteiger partial charge in [-0.15, -0.1) is 0 Å². The number of unbranched alkanes of at least 4 members (excludes halogenated alkanes) is 2. The normalized spacial score (nSPS) is 11.2. The molecule has 21 heavy (non-hydrogen) atoms. The predicted octanol–water partition coefficient (Wildman–Crippen LogP) is 0.322. The summed E-state index contributed by atoms with van der Waals surface area (Å²) in [4.78, 5) is 39.7. The third-order valence-electron chi connectivity index (χ3n) is 3.54. The van der Waals surface area contributed by atoms with Crippen molar-refractivity contribution < 1.29 is 9.90 Å². The lowest BCUT2D eigenvalue weighted by atomic mass is 10.2. The molecular weight excluding hydrogens is 276 g/mol. The molecule has 8 heteroatoms. The van der Waals surface area contributed by atoms with Crippen molar-refractivity contribution in [2.24, 2.45) is 14.1 Å². The second kappa shape index (κ2) is 5.55. The molecular formula is C13H18N4O4. The molecule has 0 saturated carbocycles. The number of aryl methyl sites for hydroxylation is 2. The number of hydrogen-bond acceptors (Lipinski definition) is 4. The Bertz CT molecular complexity index is 812. The van der Waals surface area contributed by atoms with E-state index in [-0.39, 0.29) is 17.0 Å². The molecule has 2 heterocycles.